The molecule has 0 atom stereocenters. The number of hydrogen-bond donors (Lipinski definition) is 0. The molecular weight excluding hydrogens is 220 g/mol. The summed E-state index contributed by atoms with van der Waals surface area (Å²) in [5.74, 6) is 0.764. The van der Waals surface area contributed by atoms with E-state index < -0.39 is 5.97 Å². The van der Waals surface area contributed by atoms with Gasteiger partial charge in [-0.1, -0.05) is 12.6 Å². The van der Waals surface area contributed by atoms with Gasteiger partial charge in [-0.2, -0.15) is 0 Å². The zero-order chi connectivity index (χ0) is 12.7. The summed E-state index contributed by atoms with van der Waals surface area (Å²) in [6.07, 6.45) is 4.01. The fraction of sp³-hybridized carbons (Fsp3) is 0.154. The molecule has 0 saturated carbocycles. The predicted octanol–water partition coefficient (Wildman–Crippen LogP) is 2.40. The summed E-state index contributed by atoms with van der Waals surface area (Å²) in [6.45, 7) is 3.29. The number of hydrogen-bond acceptors (Lipinski definition) is 4. The lowest BCUT2D eigenvalue weighted by Crippen LogP contribution is -1.93. The molecule has 0 aromatic heterocycles. The Labute approximate surface area is 100 Å². The molecule has 0 N–H and O–H groups in total. The number of methoxy groups -OCH3 is 2. The lowest BCUT2D eigenvalue weighted by Gasteiger charge is -2.07. The van der Waals surface area contributed by atoms with Gasteiger partial charge in [-0.3, -0.25) is 0 Å². The summed E-state index contributed by atoms with van der Waals surface area (Å²) < 4.78 is 14.8. The molecular formula is C13H14O4. The fourth-order valence-corrected chi connectivity index (χ4v) is 1.24. The van der Waals surface area contributed by atoms with Gasteiger partial charge < -0.3 is 14.2 Å². The molecule has 0 saturated heterocycles. The fourth-order valence-electron chi connectivity index (χ4n) is 1.24. The Morgan fingerprint density at radius 3 is 2.53 bits per heavy atom. The molecule has 0 bridgehead atoms. The first kappa shape index (κ1) is 12.8. The van der Waals surface area contributed by atoms with E-state index in [4.69, 9.17) is 9.47 Å². The van der Waals surface area contributed by atoms with E-state index in [0.717, 1.165) is 11.8 Å². The van der Waals surface area contributed by atoms with Gasteiger partial charge in [0, 0.05) is 6.08 Å². The minimum atomic E-state index is -0.477. The largest absolute Gasteiger partial charge is 0.493 e. The Balaban J connectivity index is 2.85. The van der Waals surface area contributed by atoms with E-state index in [1.807, 2.05) is 0 Å². The van der Waals surface area contributed by atoms with E-state index in [-0.39, 0.29) is 0 Å². The van der Waals surface area contributed by atoms with Crippen molar-refractivity contribution >= 4 is 12.0 Å². The van der Waals surface area contributed by atoms with Crippen LogP contribution >= 0.6 is 0 Å². The Kier molecular flexibility index (Phi) is 4.81. The molecule has 0 amide bonds. The van der Waals surface area contributed by atoms with Crippen molar-refractivity contribution in [1.82, 2.24) is 0 Å². The van der Waals surface area contributed by atoms with Gasteiger partial charge in [0.25, 0.3) is 0 Å². The number of ether oxygens (including phenoxy) is 3. The summed E-state index contributed by atoms with van der Waals surface area (Å²) in [7, 11) is 3.12. The first-order valence-electron chi connectivity index (χ1n) is 4.93. The lowest BCUT2D eigenvalue weighted by atomic mass is 10.2. The quantitative estimate of drug-likeness (QED) is 0.446. The third-order valence-electron chi connectivity index (χ3n) is 2.02. The van der Waals surface area contributed by atoms with Crippen LogP contribution < -0.4 is 9.47 Å². The maximum Gasteiger partial charge on any atom is 0.335 e. The monoisotopic (exact) mass is 234 g/mol. The summed E-state index contributed by atoms with van der Waals surface area (Å²) >= 11 is 0. The Hall–Kier alpha value is -2.23. The standard InChI is InChI=1S/C13H14O4/c1-4-17-13(14)8-6-10-5-7-11(15-2)12(9-10)16-3/h4-9H,1H2,2-3H3. The zero-order valence-corrected chi connectivity index (χ0v) is 9.80. The molecule has 0 fully saturated rings. The molecule has 4 nitrogen and oxygen atoms in total. The second kappa shape index (κ2) is 6.37. The van der Waals surface area contributed by atoms with Crippen LogP contribution in [0.3, 0.4) is 0 Å². The Bertz CT molecular complexity index is 435. The molecule has 0 aliphatic rings. The third-order valence-corrected chi connectivity index (χ3v) is 2.02. The first-order chi connectivity index (χ1) is 8.21. The van der Waals surface area contributed by atoms with Crippen molar-refractivity contribution in [2.24, 2.45) is 0 Å². The number of esters is 1. The van der Waals surface area contributed by atoms with Crippen molar-refractivity contribution in [3.63, 3.8) is 0 Å². The molecule has 17 heavy (non-hydrogen) atoms. The molecule has 4 heteroatoms. The average molecular weight is 234 g/mol. The minimum absolute atomic E-state index is 0.477. The van der Waals surface area contributed by atoms with Gasteiger partial charge in [-0.25, -0.2) is 4.79 Å². The van der Waals surface area contributed by atoms with E-state index in [2.05, 4.69) is 11.3 Å². The van der Waals surface area contributed by atoms with E-state index in [0.29, 0.717) is 11.5 Å². The van der Waals surface area contributed by atoms with Crippen molar-refractivity contribution < 1.29 is 19.0 Å². The highest BCUT2D eigenvalue weighted by Gasteiger charge is 2.03. The van der Waals surface area contributed by atoms with Gasteiger partial charge >= 0.3 is 5.97 Å². The normalized spacial score (nSPS) is 10.0. The maximum atomic E-state index is 11.1. The number of carbonyl (C=O) groups excluding carboxylic acids is 1. The summed E-state index contributed by atoms with van der Waals surface area (Å²) in [5, 5.41) is 0. The number of rotatable bonds is 5. The Morgan fingerprint density at radius 1 is 1.24 bits per heavy atom. The SMILES string of the molecule is C=COC(=O)C=Cc1ccc(OC)c(OC)c1. The highest BCUT2D eigenvalue weighted by Crippen LogP contribution is 2.27. The summed E-state index contributed by atoms with van der Waals surface area (Å²) in [6, 6.07) is 5.33. The predicted molar refractivity (Wildman–Crippen MR) is 64.9 cm³/mol. The van der Waals surface area contributed by atoms with Gasteiger partial charge in [0.05, 0.1) is 20.5 Å². The first-order valence-corrected chi connectivity index (χ1v) is 4.93. The molecule has 0 aliphatic carbocycles. The summed E-state index contributed by atoms with van der Waals surface area (Å²) in [4.78, 5) is 11.1. The molecule has 1 rings (SSSR count). The molecule has 0 spiro atoms. The van der Waals surface area contributed by atoms with Gasteiger partial charge in [0.1, 0.15) is 0 Å². The van der Waals surface area contributed by atoms with E-state index in [1.165, 1.54) is 6.08 Å². The smallest absolute Gasteiger partial charge is 0.335 e. The van der Waals surface area contributed by atoms with Crippen molar-refractivity contribution in [3.05, 3.63) is 42.7 Å². The number of benzene rings is 1. The van der Waals surface area contributed by atoms with E-state index in [9.17, 15) is 4.79 Å². The molecule has 90 valence electrons. The van der Waals surface area contributed by atoms with Crippen molar-refractivity contribution in [3.8, 4) is 11.5 Å². The van der Waals surface area contributed by atoms with Gasteiger partial charge in [0.2, 0.25) is 0 Å². The second-order valence-electron chi connectivity index (χ2n) is 3.05. The highest BCUT2D eigenvalue weighted by molar-refractivity contribution is 5.87. The topological polar surface area (TPSA) is 44.8 Å². The van der Waals surface area contributed by atoms with Gasteiger partial charge in [-0.15, -0.1) is 0 Å². The van der Waals surface area contributed by atoms with Crippen molar-refractivity contribution in [1.29, 1.82) is 0 Å². The van der Waals surface area contributed by atoms with E-state index in [1.54, 1.807) is 38.5 Å². The molecule has 1 aromatic carbocycles. The lowest BCUT2D eigenvalue weighted by molar-refractivity contribution is -0.132. The van der Waals surface area contributed by atoms with Crippen LogP contribution in [0.2, 0.25) is 0 Å². The van der Waals surface area contributed by atoms with Crippen LogP contribution in [-0.4, -0.2) is 20.2 Å². The highest BCUT2D eigenvalue weighted by atomic mass is 16.5. The molecule has 0 aliphatic heterocycles. The van der Waals surface area contributed by atoms with Gasteiger partial charge in [0.15, 0.2) is 11.5 Å². The zero-order valence-electron chi connectivity index (χ0n) is 9.80. The molecule has 0 unspecified atom stereocenters. The summed E-state index contributed by atoms with van der Waals surface area (Å²) in [5.41, 5.74) is 0.809. The van der Waals surface area contributed by atoms with Crippen LogP contribution in [0.15, 0.2) is 37.1 Å². The van der Waals surface area contributed by atoms with Crippen LogP contribution in [0, 0.1) is 0 Å². The maximum absolute atomic E-state index is 11.1. The van der Waals surface area contributed by atoms with Crippen LogP contribution in [0.5, 0.6) is 11.5 Å². The number of carbonyl (C=O) groups is 1. The second-order valence-corrected chi connectivity index (χ2v) is 3.05. The van der Waals surface area contributed by atoms with Crippen LogP contribution in [0.25, 0.3) is 6.08 Å². The minimum Gasteiger partial charge on any atom is -0.493 e. The van der Waals surface area contributed by atoms with Crippen molar-refractivity contribution in [2.45, 2.75) is 0 Å². The van der Waals surface area contributed by atoms with Gasteiger partial charge in [-0.05, 0) is 23.8 Å². The molecule has 0 heterocycles. The third kappa shape index (κ3) is 3.68. The molecule has 1 aromatic rings. The average Bonchev–Trinajstić information content (AvgIpc) is 2.36. The van der Waals surface area contributed by atoms with Crippen molar-refractivity contribution in [2.75, 3.05) is 14.2 Å². The van der Waals surface area contributed by atoms with Crippen LogP contribution in [-0.2, 0) is 9.53 Å². The Morgan fingerprint density at radius 2 is 1.94 bits per heavy atom. The van der Waals surface area contributed by atoms with E-state index >= 15 is 0 Å². The molecule has 0 radical (unpaired) electrons. The van der Waals surface area contributed by atoms with Crippen LogP contribution in [0.1, 0.15) is 5.56 Å². The van der Waals surface area contributed by atoms with Crippen LogP contribution in [0.4, 0.5) is 0 Å².